The molecule has 0 atom stereocenters. The van der Waals surface area contributed by atoms with Gasteiger partial charge in [0.05, 0.1) is 31.4 Å². The van der Waals surface area contributed by atoms with Gasteiger partial charge in [0.25, 0.3) is 0 Å². The number of piperazine rings is 1. The van der Waals surface area contributed by atoms with Crippen LogP contribution in [0, 0.1) is 11.3 Å². The number of hydrogen-bond donors (Lipinski definition) is 1. The van der Waals surface area contributed by atoms with Crippen LogP contribution in [-0.4, -0.2) is 60.4 Å². The maximum atomic E-state index is 9.07. The first-order valence-corrected chi connectivity index (χ1v) is 10.2. The van der Waals surface area contributed by atoms with Gasteiger partial charge in [-0.1, -0.05) is 6.07 Å². The number of thiocarbonyl (C=S) groups is 1. The Morgan fingerprint density at radius 3 is 2.52 bits per heavy atom. The maximum Gasteiger partial charge on any atom is 0.173 e. The molecule has 1 N–H and O–H groups in total. The van der Waals surface area contributed by atoms with Gasteiger partial charge in [-0.25, -0.2) is 9.97 Å². The highest BCUT2D eigenvalue weighted by Crippen LogP contribution is 2.34. The number of anilines is 2. The fourth-order valence-electron chi connectivity index (χ4n) is 3.61. The molecule has 8 nitrogen and oxygen atoms in total. The summed E-state index contributed by atoms with van der Waals surface area (Å²) < 4.78 is 10.8. The molecule has 1 saturated heterocycles. The van der Waals surface area contributed by atoms with Crippen molar-refractivity contribution in [2.24, 2.45) is 0 Å². The molecule has 1 aliphatic heterocycles. The highest BCUT2D eigenvalue weighted by Gasteiger charge is 2.22. The molecule has 2 heterocycles. The van der Waals surface area contributed by atoms with Gasteiger partial charge in [-0.2, -0.15) is 5.26 Å². The Morgan fingerprint density at radius 1 is 1.06 bits per heavy atom. The van der Waals surface area contributed by atoms with Gasteiger partial charge in [0.2, 0.25) is 0 Å². The predicted molar refractivity (Wildman–Crippen MR) is 124 cm³/mol. The Labute approximate surface area is 186 Å². The summed E-state index contributed by atoms with van der Waals surface area (Å²) in [6, 6.07) is 13.2. The van der Waals surface area contributed by atoms with Crippen LogP contribution in [0.3, 0.4) is 0 Å². The molecule has 2 aromatic carbocycles. The lowest BCUT2D eigenvalue weighted by Crippen LogP contribution is -2.50. The van der Waals surface area contributed by atoms with E-state index < -0.39 is 0 Å². The van der Waals surface area contributed by atoms with E-state index in [9.17, 15) is 0 Å². The van der Waals surface area contributed by atoms with Crippen LogP contribution in [0.2, 0.25) is 0 Å². The Morgan fingerprint density at radius 2 is 1.81 bits per heavy atom. The summed E-state index contributed by atoms with van der Waals surface area (Å²) in [6.07, 6.45) is 1.57. The summed E-state index contributed by atoms with van der Waals surface area (Å²) >= 11 is 5.59. The van der Waals surface area contributed by atoms with Gasteiger partial charge >= 0.3 is 0 Å². The van der Waals surface area contributed by atoms with Crippen molar-refractivity contribution in [3.8, 4) is 17.6 Å². The SMILES string of the molecule is COc1cc2ncnc(N3CCN(C(=S)Nc4cccc(C#N)c4)CC3)c2cc1OC. The van der Waals surface area contributed by atoms with Crippen LogP contribution in [0.25, 0.3) is 10.9 Å². The van der Waals surface area contributed by atoms with Crippen molar-refractivity contribution in [2.45, 2.75) is 0 Å². The Hall–Kier alpha value is -3.64. The summed E-state index contributed by atoms with van der Waals surface area (Å²) in [7, 11) is 3.23. The Balaban J connectivity index is 1.48. The van der Waals surface area contributed by atoms with Crippen LogP contribution in [-0.2, 0) is 0 Å². The second kappa shape index (κ2) is 9.02. The molecule has 158 valence electrons. The molecule has 0 aliphatic carbocycles. The summed E-state index contributed by atoms with van der Waals surface area (Å²) in [6.45, 7) is 3.03. The molecule has 31 heavy (non-hydrogen) atoms. The van der Waals surface area contributed by atoms with E-state index in [0.717, 1.165) is 48.6 Å². The van der Waals surface area contributed by atoms with E-state index in [-0.39, 0.29) is 0 Å². The number of ether oxygens (including phenoxy) is 2. The van der Waals surface area contributed by atoms with E-state index in [0.29, 0.717) is 22.2 Å². The lowest BCUT2D eigenvalue weighted by Gasteiger charge is -2.37. The first-order valence-electron chi connectivity index (χ1n) is 9.80. The van der Waals surface area contributed by atoms with Crippen molar-refractivity contribution < 1.29 is 9.47 Å². The topological polar surface area (TPSA) is 86.5 Å². The number of fused-ring (bicyclic) bond motifs is 1. The zero-order valence-electron chi connectivity index (χ0n) is 17.3. The van der Waals surface area contributed by atoms with E-state index in [2.05, 4.69) is 31.2 Å². The number of nitriles is 1. The largest absolute Gasteiger partial charge is 0.493 e. The van der Waals surface area contributed by atoms with E-state index in [1.54, 1.807) is 32.7 Å². The van der Waals surface area contributed by atoms with Gasteiger partial charge in [-0.3, -0.25) is 0 Å². The molecule has 0 bridgehead atoms. The lowest BCUT2D eigenvalue weighted by atomic mass is 10.2. The zero-order valence-corrected chi connectivity index (χ0v) is 18.1. The van der Waals surface area contributed by atoms with Crippen molar-refractivity contribution in [3.63, 3.8) is 0 Å². The number of rotatable bonds is 4. The average molecular weight is 435 g/mol. The van der Waals surface area contributed by atoms with Gasteiger partial charge < -0.3 is 24.6 Å². The molecule has 0 radical (unpaired) electrons. The first kappa shape index (κ1) is 20.6. The Kier molecular flexibility index (Phi) is 6.00. The highest BCUT2D eigenvalue weighted by atomic mass is 32.1. The van der Waals surface area contributed by atoms with Crippen LogP contribution in [0.5, 0.6) is 11.5 Å². The van der Waals surface area contributed by atoms with Crippen molar-refractivity contribution in [2.75, 3.05) is 50.6 Å². The number of nitrogens with one attached hydrogen (secondary N) is 1. The maximum absolute atomic E-state index is 9.07. The smallest absolute Gasteiger partial charge is 0.173 e. The number of benzene rings is 2. The molecule has 0 spiro atoms. The van der Waals surface area contributed by atoms with E-state index in [4.69, 9.17) is 27.0 Å². The van der Waals surface area contributed by atoms with E-state index >= 15 is 0 Å². The van der Waals surface area contributed by atoms with Crippen LogP contribution in [0.15, 0.2) is 42.7 Å². The zero-order chi connectivity index (χ0) is 21.8. The van der Waals surface area contributed by atoms with Crippen LogP contribution in [0.4, 0.5) is 11.5 Å². The quantitative estimate of drug-likeness (QED) is 0.623. The van der Waals surface area contributed by atoms with Crippen molar-refractivity contribution in [1.29, 1.82) is 5.26 Å². The average Bonchev–Trinajstić information content (AvgIpc) is 2.82. The number of nitrogens with zero attached hydrogens (tertiary/aromatic N) is 5. The van der Waals surface area contributed by atoms with E-state index in [1.807, 2.05) is 24.3 Å². The van der Waals surface area contributed by atoms with Crippen LogP contribution in [0.1, 0.15) is 5.56 Å². The molecule has 0 unspecified atom stereocenters. The standard InChI is InChI=1S/C22H22N6O2S/c1-29-19-11-17-18(12-20(19)30-2)24-14-25-21(17)27-6-8-28(9-7-27)22(31)26-16-5-3-4-15(10-16)13-23/h3-5,10-12,14H,6-9H2,1-2H3,(H,26,31). The van der Waals surface area contributed by atoms with E-state index in [1.165, 1.54) is 0 Å². The monoisotopic (exact) mass is 434 g/mol. The molecule has 3 aromatic rings. The second-order valence-corrected chi connectivity index (χ2v) is 7.41. The third kappa shape index (κ3) is 4.29. The predicted octanol–water partition coefficient (Wildman–Crippen LogP) is 3.04. The molecule has 4 rings (SSSR count). The van der Waals surface area contributed by atoms with Crippen LogP contribution < -0.4 is 19.7 Å². The van der Waals surface area contributed by atoms with Crippen molar-refractivity contribution in [3.05, 3.63) is 48.3 Å². The molecule has 1 aromatic heterocycles. The first-order chi connectivity index (χ1) is 15.1. The summed E-state index contributed by atoms with van der Waals surface area (Å²) in [5.74, 6) is 2.15. The minimum atomic E-state index is 0.598. The van der Waals surface area contributed by atoms with Gasteiger partial charge in [0.1, 0.15) is 12.1 Å². The molecular formula is C22H22N6O2S. The van der Waals surface area contributed by atoms with Crippen molar-refractivity contribution in [1.82, 2.24) is 14.9 Å². The normalized spacial score (nSPS) is 13.6. The number of hydrogen-bond acceptors (Lipinski definition) is 7. The van der Waals surface area contributed by atoms with Crippen LogP contribution >= 0.6 is 12.2 Å². The summed E-state index contributed by atoms with van der Waals surface area (Å²) in [5, 5.41) is 13.9. The highest BCUT2D eigenvalue weighted by molar-refractivity contribution is 7.80. The van der Waals surface area contributed by atoms with Crippen molar-refractivity contribution >= 4 is 39.7 Å². The second-order valence-electron chi connectivity index (χ2n) is 7.02. The third-order valence-corrected chi connectivity index (χ3v) is 5.59. The summed E-state index contributed by atoms with van der Waals surface area (Å²) in [5.41, 5.74) is 2.22. The minimum Gasteiger partial charge on any atom is -0.493 e. The summed E-state index contributed by atoms with van der Waals surface area (Å²) in [4.78, 5) is 13.3. The molecule has 0 amide bonds. The molecular weight excluding hydrogens is 412 g/mol. The molecule has 0 saturated carbocycles. The number of aromatic nitrogens is 2. The molecule has 1 fully saturated rings. The molecule has 9 heteroatoms. The fourth-order valence-corrected chi connectivity index (χ4v) is 3.91. The lowest BCUT2D eigenvalue weighted by molar-refractivity contribution is 0.355. The fraction of sp³-hybridized carbons (Fsp3) is 0.273. The number of methoxy groups -OCH3 is 2. The third-order valence-electron chi connectivity index (χ3n) is 5.23. The minimum absolute atomic E-state index is 0.598. The Bertz CT molecular complexity index is 1150. The van der Waals surface area contributed by atoms with Gasteiger partial charge in [0, 0.05) is 43.3 Å². The van der Waals surface area contributed by atoms with Gasteiger partial charge in [-0.05, 0) is 36.5 Å². The van der Waals surface area contributed by atoms with Gasteiger partial charge in [0.15, 0.2) is 16.6 Å². The van der Waals surface area contributed by atoms with Gasteiger partial charge in [-0.15, -0.1) is 0 Å². The molecule has 1 aliphatic rings.